The third kappa shape index (κ3) is 1.91. The van der Waals surface area contributed by atoms with E-state index in [9.17, 15) is 0 Å². The van der Waals surface area contributed by atoms with E-state index in [-0.39, 0.29) is 0 Å². The maximum Gasteiger partial charge on any atom is 0.0320 e. The Balaban J connectivity index is 2.58. The molecule has 1 heteroatoms. The summed E-state index contributed by atoms with van der Waals surface area (Å²) in [5.74, 6) is 0. The fourth-order valence-corrected chi connectivity index (χ4v) is 1.63. The van der Waals surface area contributed by atoms with Crippen LogP contribution in [0.3, 0.4) is 0 Å². The Hall–Kier alpha value is -2.02. The fraction of sp³-hybridized carbons (Fsp3) is 0. The minimum absolute atomic E-state index is 0.768. The van der Waals surface area contributed by atoms with Gasteiger partial charge in [-0.2, -0.15) is 0 Å². The lowest BCUT2D eigenvalue weighted by Gasteiger charge is -2.06. The molecule has 74 valence electrons. The summed E-state index contributed by atoms with van der Waals surface area (Å²) in [4.78, 5) is 0. The molecule has 0 aliphatic heterocycles. The van der Waals surface area contributed by atoms with Crippen LogP contribution in [-0.4, -0.2) is 0 Å². The lowest BCUT2D eigenvalue weighted by Crippen LogP contribution is -1.88. The van der Waals surface area contributed by atoms with Crippen molar-refractivity contribution in [3.63, 3.8) is 0 Å². The van der Waals surface area contributed by atoms with Crippen LogP contribution in [0, 0.1) is 0 Å². The first-order valence-electron chi connectivity index (χ1n) is 4.88. The largest absolute Gasteiger partial charge is 0.399 e. The second kappa shape index (κ2) is 4.01. The number of benzene rings is 2. The highest BCUT2D eigenvalue weighted by atomic mass is 14.5. The molecule has 0 spiro atoms. The van der Waals surface area contributed by atoms with Crippen LogP contribution in [0.15, 0.2) is 55.1 Å². The normalized spacial score (nSPS) is 9.87. The summed E-state index contributed by atoms with van der Waals surface area (Å²) >= 11 is 0. The molecule has 0 aliphatic rings. The highest BCUT2D eigenvalue weighted by Gasteiger charge is 2.01. The lowest BCUT2D eigenvalue weighted by molar-refractivity contribution is 1.59. The second-order valence-electron chi connectivity index (χ2n) is 3.42. The van der Waals surface area contributed by atoms with Crippen LogP contribution < -0.4 is 5.73 Å². The van der Waals surface area contributed by atoms with Crippen LogP contribution in [0.5, 0.6) is 0 Å². The maximum absolute atomic E-state index is 5.73. The Labute approximate surface area is 89.9 Å². The number of anilines is 1. The van der Waals surface area contributed by atoms with Crippen molar-refractivity contribution in [1.29, 1.82) is 0 Å². The molecule has 0 heterocycles. The molecule has 0 atom stereocenters. The minimum atomic E-state index is 0.768. The molecular weight excluding hydrogens is 182 g/mol. The molecule has 2 aromatic carbocycles. The van der Waals surface area contributed by atoms with Gasteiger partial charge in [0, 0.05) is 5.69 Å². The number of nitrogen functional groups attached to an aromatic ring is 1. The average Bonchev–Trinajstić information content (AvgIpc) is 2.30. The predicted octanol–water partition coefficient (Wildman–Crippen LogP) is 3.58. The van der Waals surface area contributed by atoms with Gasteiger partial charge in [-0.3, -0.25) is 0 Å². The van der Waals surface area contributed by atoms with E-state index in [0.29, 0.717) is 0 Å². The van der Waals surface area contributed by atoms with Crippen LogP contribution in [-0.2, 0) is 0 Å². The summed E-state index contributed by atoms with van der Waals surface area (Å²) in [6, 6.07) is 16.1. The number of nitrogens with two attached hydrogens (primary N) is 1. The van der Waals surface area contributed by atoms with Gasteiger partial charge in [0.25, 0.3) is 0 Å². The number of hydrogen-bond acceptors (Lipinski definition) is 1. The van der Waals surface area contributed by atoms with Crippen molar-refractivity contribution in [2.24, 2.45) is 0 Å². The monoisotopic (exact) mass is 195 g/mol. The van der Waals surface area contributed by atoms with Crippen LogP contribution in [0.4, 0.5) is 5.69 Å². The van der Waals surface area contributed by atoms with Crippen LogP contribution >= 0.6 is 0 Å². The fourth-order valence-electron chi connectivity index (χ4n) is 1.63. The van der Waals surface area contributed by atoms with Crippen molar-refractivity contribution < 1.29 is 0 Å². The summed E-state index contributed by atoms with van der Waals surface area (Å²) in [7, 11) is 0. The van der Waals surface area contributed by atoms with Crippen LogP contribution in [0.25, 0.3) is 17.2 Å². The third-order valence-corrected chi connectivity index (χ3v) is 2.38. The summed E-state index contributed by atoms with van der Waals surface area (Å²) in [6.45, 7) is 3.80. The zero-order chi connectivity index (χ0) is 10.7. The van der Waals surface area contributed by atoms with Gasteiger partial charge < -0.3 is 5.73 Å². The first-order valence-corrected chi connectivity index (χ1v) is 4.88. The van der Waals surface area contributed by atoms with E-state index in [1.165, 1.54) is 11.1 Å². The third-order valence-electron chi connectivity index (χ3n) is 2.38. The number of rotatable bonds is 2. The Bertz CT molecular complexity index is 472. The number of hydrogen-bond donors (Lipinski definition) is 1. The van der Waals surface area contributed by atoms with Crippen molar-refractivity contribution in [2.45, 2.75) is 0 Å². The molecular formula is C14H13N. The summed E-state index contributed by atoms with van der Waals surface area (Å²) < 4.78 is 0. The zero-order valence-electron chi connectivity index (χ0n) is 8.48. The molecule has 2 N–H and O–H groups in total. The quantitative estimate of drug-likeness (QED) is 0.728. The van der Waals surface area contributed by atoms with Crippen molar-refractivity contribution in [1.82, 2.24) is 0 Å². The molecule has 0 amide bonds. The van der Waals surface area contributed by atoms with Gasteiger partial charge in [-0.05, 0) is 28.8 Å². The highest BCUT2D eigenvalue weighted by Crippen LogP contribution is 2.25. The summed E-state index contributed by atoms with van der Waals surface area (Å²) in [6.07, 6.45) is 1.83. The predicted molar refractivity (Wildman–Crippen MR) is 66.4 cm³/mol. The molecule has 0 bridgehead atoms. The SMILES string of the molecule is C=Cc1cc(N)ccc1-c1ccccc1. The highest BCUT2D eigenvalue weighted by molar-refractivity contribution is 5.76. The van der Waals surface area contributed by atoms with Gasteiger partial charge >= 0.3 is 0 Å². The first kappa shape index (κ1) is 9.53. The second-order valence-corrected chi connectivity index (χ2v) is 3.42. The van der Waals surface area contributed by atoms with E-state index >= 15 is 0 Å². The summed E-state index contributed by atoms with van der Waals surface area (Å²) in [5, 5.41) is 0. The standard InChI is InChI=1S/C14H13N/c1-2-11-10-13(15)8-9-14(11)12-6-4-3-5-7-12/h2-10H,1,15H2. The van der Waals surface area contributed by atoms with Gasteiger partial charge in [0.1, 0.15) is 0 Å². The molecule has 2 aromatic rings. The lowest BCUT2D eigenvalue weighted by atomic mass is 9.99. The van der Waals surface area contributed by atoms with E-state index in [2.05, 4.69) is 18.7 Å². The molecule has 1 nitrogen and oxygen atoms in total. The van der Waals surface area contributed by atoms with E-state index in [4.69, 9.17) is 5.73 Å². The van der Waals surface area contributed by atoms with Crippen molar-refractivity contribution >= 4 is 11.8 Å². The van der Waals surface area contributed by atoms with E-state index in [1.54, 1.807) is 0 Å². The topological polar surface area (TPSA) is 26.0 Å². The maximum atomic E-state index is 5.73. The molecule has 0 aromatic heterocycles. The Morgan fingerprint density at radius 2 is 1.73 bits per heavy atom. The first-order chi connectivity index (χ1) is 7.31. The van der Waals surface area contributed by atoms with Gasteiger partial charge in [-0.25, -0.2) is 0 Å². The average molecular weight is 195 g/mol. The van der Waals surface area contributed by atoms with E-state index in [1.807, 2.05) is 42.5 Å². The molecule has 2 rings (SSSR count). The van der Waals surface area contributed by atoms with E-state index in [0.717, 1.165) is 11.3 Å². The molecule has 15 heavy (non-hydrogen) atoms. The van der Waals surface area contributed by atoms with Crippen LogP contribution in [0.2, 0.25) is 0 Å². The minimum Gasteiger partial charge on any atom is -0.399 e. The molecule has 0 unspecified atom stereocenters. The molecule has 0 fully saturated rings. The Kier molecular flexibility index (Phi) is 2.55. The molecule has 0 saturated heterocycles. The van der Waals surface area contributed by atoms with Crippen molar-refractivity contribution in [2.75, 3.05) is 5.73 Å². The van der Waals surface area contributed by atoms with Gasteiger partial charge in [-0.1, -0.05) is 49.1 Å². The van der Waals surface area contributed by atoms with E-state index < -0.39 is 0 Å². The zero-order valence-corrected chi connectivity index (χ0v) is 8.48. The van der Waals surface area contributed by atoms with Gasteiger partial charge in [0.05, 0.1) is 0 Å². The molecule has 0 saturated carbocycles. The van der Waals surface area contributed by atoms with Gasteiger partial charge in [-0.15, -0.1) is 0 Å². The summed E-state index contributed by atoms with van der Waals surface area (Å²) in [5.41, 5.74) is 9.93. The molecule has 0 radical (unpaired) electrons. The molecule has 0 aliphatic carbocycles. The smallest absolute Gasteiger partial charge is 0.0320 e. The Morgan fingerprint density at radius 3 is 2.40 bits per heavy atom. The van der Waals surface area contributed by atoms with Gasteiger partial charge in [0.15, 0.2) is 0 Å². The Morgan fingerprint density at radius 1 is 1.00 bits per heavy atom. The van der Waals surface area contributed by atoms with Crippen LogP contribution in [0.1, 0.15) is 5.56 Å². The van der Waals surface area contributed by atoms with Gasteiger partial charge in [0.2, 0.25) is 0 Å². The van der Waals surface area contributed by atoms with Crippen molar-refractivity contribution in [3.05, 3.63) is 60.7 Å². The van der Waals surface area contributed by atoms with Crippen molar-refractivity contribution in [3.8, 4) is 11.1 Å².